The number of piperidine rings is 1. The molecule has 0 atom stereocenters. The van der Waals surface area contributed by atoms with Crippen LogP contribution in [0.2, 0.25) is 0 Å². The molecule has 1 aliphatic heterocycles. The van der Waals surface area contributed by atoms with Gasteiger partial charge in [-0.25, -0.2) is 4.99 Å². The molecule has 8 nitrogen and oxygen atoms in total. The van der Waals surface area contributed by atoms with Crippen LogP contribution in [-0.2, 0) is 4.79 Å². The van der Waals surface area contributed by atoms with E-state index in [0.717, 1.165) is 0 Å². The summed E-state index contributed by atoms with van der Waals surface area (Å²) >= 11 is 5.56. The highest BCUT2D eigenvalue weighted by Gasteiger charge is 2.27. The van der Waals surface area contributed by atoms with Crippen molar-refractivity contribution in [1.82, 2.24) is 0 Å². The Morgan fingerprint density at radius 2 is 2.04 bits per heavy atom. The number of anilines is 1. The minimum absolute atomic E-state index is 0.0499. The summed E-state index contributed by atoms with van der Waals surface area (Å²) in [6, 6.07) is 4.67. The first-order valence-electron chi connectivity index (χ1n) is 7.14. The highest BCUT2D eigenvalue weighted by molar-refractivity contribution is 6.28. The minimum atomic E-state index is -0.453. The van der Waals surface area contributed by atoms with Crippen molar-refractivity contribution in [1.29, 1.82) is 0 Å². The van der Waals surface area contributed by atoms with Crippen LogP contribution in [0.1, 0.15) is 12.8 Å². The van der Waals surface area contributed by atoms with Gasteiger partial charge >= 0.3 is 0 Å². The molecule has 124 valence electrons. The van der Waals surface area contributed by atoms with E-state index in [4.69, 9.17) is 23.1 Å². The molecular formula is C14H18ClN5O3. The van der Waals surface area contributed by atoms with E-state index in [1.807, 2.05) is 4.90 Å². The topological polar surface area (TPSA) is 128 Å². The lowest BCUT2D eigenvalue weighted by atomic mass is 9.96. The molecular weight excluding hydrogens is 322 g/mol. The molecule has 4 N–H and O–H groups in total. The number of rotatable bonds is 5. The van der Waals surface area contributed by atoms with Crippen molar-refractivity contribution in [2.24, 2.45) is 22.4 Å². The smallest absolute Gasteiger partial charge is 0.294 e. The summed E-state index contributed by atoms with van der Waals surface area (Å²) in [5, 5.41) is 11.3. The molecule has 0 saturated carbocycles. The Morgan fingerprint density at radius 3 is 2.57 bits per heavy atom. The third-order valence-corrected chi connectivity index (χ3v) is 4.08. The molecule has 23 heavy (non-hydrogen) atoms. The fourth-order valence-electron chi connectivity index (χ4n) is 2.60. The number of carbonyl (C=O) groups is 1. The van der Waals surface area contributed by atoms with Gasteiger partial charge in [0.15, 0.2) is 0 Å². The number of alkyl halides is 1. The van der Waals surface area contributed by atoms with Crippen LogP contribution in [-0.4, -0.2) is 35.6 Å². The van der Waals surface area contributed by atoms with Crippen molar-refractivity contribution >= 4 is 40.4 Å². The highest BCUT2D eigenvalue weighted by atomic mass is 35.5. The Hall–Kier alpha value is -2.35. The number of carbonyl (C=O) groups excluding carboxylic acids is 1. The van der Waals surface area contributed by atoms with Gasteiger partial charge < -0.3 is 16.4 Å². The van der Waals surface area contributed by atoms with E-state index in [1.54, 1.807) is 12.1 Å². The van der Waals surface area contributed by atoms with Gasteiger partial charge in [0.2, 0.25) is 5.91 Å². The monoisotopic (exact) mass is 339 g/mol. The summed E-state index contributed by atoms with van der Waals surface area (Å²) in [4.78, 5) is 28.0. The van der Waals surface area contributed by atoms with E-state index in [1.165, 1.54) is 6.07 Å². The SMILES string of the molecule is NC(=O)C1CCN(c2ccc(N=C(N)CCl)cc2[N+](=O)[O-])CC1. The molecule has 1 heterocycles. The average Bonchev–Trinajstić information content (AvgIpc) is 2.54. The van der Waals surface area contributed by atoms with Crippen LogP contribution in [0.4, 0.5) is 17.1 Å². The lowest BCUT2D eigenvalue weighted by Gasteiger charge is -2.31. The molecule has 0 bridgehead atoms. The number of nitro benzene ring substituents is 1. The molecule has 1 aromatic rings. The van der Waals surface area contributed by atoms with Gasteiger partial charge in [-0.1, -0.05) is 0 Å². The normalized spacial score (nSPS) is 16.4. The zero-order valence-electron chi connectivity index (χ0n) is 12.4. The number of aliphatic imine (C=N–C) groups is 1. The van der Waals surface area contributed by atoms with E-state index in [-0.39, 0.29) is 29.2 Å². The first-order valence-corrected chi connectivity index (χ1v) is 7.67. The van der Waals surface area contributed by atoms with Crippen LogP contribution in [0.5, 0.6) is 0 Å². The Balaban J connectivity index is 2.25. The molecule has 1 amide bonds. The summed E-state index contributed by atoms with van der Waals surface area (Å²) in [7, 11) is 0. The van der Waals surface area contributed by atoms with Gasteiger partial charge in [-0.15, -0.1) is 11.6 Å². The molecule has 0 radical (unpaired) electrons. The lowest BCUT2D eigenvalue weighted by Crippen LogP contribution is -2.38. The van der Waals surface area contributed by atoms with Gasteiger partial charge in [0.05, 0.1) is 16.5 Å². The van der Waals surface area contributed by atoms with Gasteiger partial charge in [0, 0.05) is 25.1 Å². The molecule has 0 spiro atoms. The Labute approximate surface area is 138 Å². The first-order chi connectivity index (χ1) is 10.9. The zero-order chi connectivity index (χ0) is 17.0. The molecule has 1 saturated heterocycles. The molecule has 2 rings (SSSR count). The van der Waals surface area contributed by atoms with Crippen LogP contribution in [0.25, 0.3) is 0 Å². The van der Waals surface area contributed by atoms with Crippen molar-refractivity contribution in [3.05, 3.63) is 28.3 Å². The summed E-state index contributed by atoms with van der Waals surface area (Å²) in [6.45, 7) is 1.09. The van der Waals surface area contributed by atoms with Crippen LogP contribution >= 0.6 is 11.6 Å². The van der Waals surface area contributed by atoms with Crippen molar-refractivity contribution < 1.29 is 9.72 Å². The minimum Gasteiger partial charge on any atom is -0.386 e. The number of primary amides is 1. The second kappa shape index (κ2) is 7.28. The predicted octanol–water partition coefficient (Wildman–Crippen LogP) is 1.52. The zero-order valence-corrected chi connectivity index (χ0v) is 13.2. The third kappa shape index (κ3) is 4.10. The molecule has 9 heteroatoms. The quantitative estimate of drug-likeness (QED) is 0.276. The van der Waals surface area contributed by atoms with Gasteiger partial charge in [0.25, 0.3) is 5.69 Å². The van der Waals surface area contributed by atoms with Gasteiger partial charge in [-0.2, -0.15) is 0 Å². The van der Waals surface area contributed by atoms with Crippen LogP contribution in [0.3, 0.4) is 0 Å². The molecule has 0 unspecified atom stereocenters. The standard InChI is InChI=1S/C14H18ClN5O3/c15-8-13(16)18-10-1-2-11(12(7-10)20(22)23)19-5-3-9(4-6-19)14(17)21/h1-2,7,9H,3-6,8H2,(H2,16,18)(H2,17,21). The number of halogens is 1. The maximum Gasteiger partial charge on any atom is 0.294 e. The number of amides is 1. The largest absolute Gasteiger partial charge is 0.386 e. The summed E-state index contributed by atoms with van der Waals surface area (Å²) in [5.74, 6) is -0.245. The summed E-state index contributed by atoms with van der Waals surface area (Å²) in [5.41, 5.74) is 11.7. The Bertz CT molecular complexity index is 641. The maximum absolute atomic E-state index is 11.3. The van der Waals surface area contributed by atoms with Gasteiger partial charge in [-0.3, -0.25) is 14.9 Å². The highest BCUT2D eigenvalue weighted by Crippen LogP contribution is 2.34. The number of nitrogens with two attached hydrogens (primary N) is 2. The van der Waals surface area contributed by atoms with E-state index in [2.05, 4.69) is 4.99 Å². The third-order valence-electron chi connectivity index (χ3n) is 3.80. The summed E-state index contributed by atoms with van der Waals surface area (Å²) in [6.07, 6.45) is 1.18. The van der Waals surface area contributed by atoms with E-state index in [0.29, 0.717) is 37.3 Å². The fourth-order valence-corrected chi connectivity index (χ4v) is 2.66. The van der Waals surface area contributed by atoms with E-state index in [9.17, 15) is 14.9 Å². The fraction of sp³-hybridized carbons (Fsp3) is 0.429. The van der Waals surface area contributed by atoms with Crippen molar-refractivity contribution in [3.8, 4) is 0 Å². The molecule has 0 aromatic heterocycles. The van der Waals surface area contributed by atoms with Gasteiger partial charge in [0.1, 0.15) is 11.5 Å². The Morgan fingerprint density at radius 1 is 1.39 bits per heavy atom. The van der Waals surface area contributed by atoms with Gasteiger partial charge in [-0.05, 0) is 25.0 Å². The molecule has 1 fully saturated rings. The predicted molar refractivity (Wildman–Crippen MR) is 89.2 cm³/mol. The number of amidine groups is 1. The van der Waals surface area contributed by atoms with Crippen LogP contribution < -0.4 is 16.4 Å². The second-order valence-corrected chi connectivity index (χ2v) is 5.60. The average molecular weight is 340 g/mol. The molecule has 0 aliphatic carbocycles. The number of nitrogens with zero attached hydrogens (tertiary/aromatic N) is 3. The summed E-state index contributed by atoms with van der Waals surface area (Å²) < 4.78 is 0. The van der Waals surface area contributed by atoms with E-state index >= 15 is 0 Å². The van der Waals surface area contributed by atoms with Crippen molar-refractivity contribution in [2.45, 2.75) is 12.8 Å². The lowest BCUT2D eigenvalue weighted by molar-refractivity contribution is -0.384. The first kappa shape index (κ1) is 17.0. The Kier molecular flexibility index (Phi) is 5.38. The number of hydrogen-bond acceptors (Lipinski definition) is 5. The molecule has 1 aliphatic rings. The van der Waals surface area contributed by atoms with Crippen LogP contribution in [0.15, 0.2) is 23.2 Å². The van der Waals surface area contributed by atoms with Crippen LogP contribution in [0, 0.1) is 16.0 Å². The van der Waals surface area contributed by atoms with E-state index < -0.39 is 4.92 Å². The number of benzene rings is 1. The molecule has 1 aromatic carbocycles. The number of hydrogen-bond donors (Lipinski definition) is 2. The van der Waals surface area contributed by atoms with Crippen molar-refractivity contribution in [3.63, 3.8) is 0 Å². The van der Waals surface area contributed by atoms with Crippen molar-refractivity contribution in [2.75, 3.05) is 23.9 Å². The number of nitro groups is 1. The second-order valence-electron chi connectivity index (χ2n) is 5.33. The maximum atomic E-state index is 11.3.